The first-order valence-corrected chi connectivity index (χ1v) is 32.5. The van der Waals surface area contributed by atoms with Gasteiger partial charge in [-0.15, -0.1) is 5.10 Å². The highest BCUT2D eigenvalue weighted by Gasteiger charge is 2.62. The van der Waals surface area contributed by atoms with Gasteiger partial charge < -0.3 is 123 Å². The zero-order valence-electron chi connectivity index (χ0n) is 55.3. The van der Waals surface area contributed by atoms with Crippen molar-refractivity contribution in [3.05, 3.63) is 60.5 Å². The number of nitrogens with one attached hydrogen (secondary N) is 5. The van der Waals surface area contributed by atoms with Crippen molar-refractivity contribution in [3.8, 4) is 28.6 Å². The smallest absolute Gasteiger partial charge is 0.471 e. The number of aromatic hydroxyl groups is 1. The number of aromatic nitrogens is 4. The number of aliphatic hydroxyl groups excluding tert-OH is 4. The second-order valence-electron chi connectivity index (χ2n) is 23.5. The minimum Gasteiger partial charge on any atom is -0.505 e. The first-order chi connectivity index (χ1) is 49.3. The topological polar surface area (TPSA) is 429 Å². The molecule has 574 valence electrons. The van der Waals surface area contributed by atoms with Crippen molar-refractivity contribution < 1.29 is 151 Å². The number of rotatable bonds is 45. The average Bonchev–Trinajstić information content (AvgIpc) is 1.62. The predicted octanol–water partition coefficient (Wildman–Crippen LogP) is -0.859. The van der Waals surface area contributed by atoms with E-state index < -0.39 is 114 Å². The quantitative estimate of drug-likeness (QED) is 0.0190. The number of benzene rings is 2. The van der Waals surface area contributed by atoms with Crippen molar-refractivity contribution in [2.45, 2.75) is 97.9 Å². The van der Waals surface area contributed by atoms with Crippen LogP contribution < -0.4 is 31.3 Å². The van der Waals surface area contributed by atoms with Crippen LogP contribution in [-0.2, 0) is 85.5 Å². The Morgan fingerprint density at radius 2 is 1.13 bits per heavy atom. The van der Waals surface area contributed by atoms with Crippen LogP contribution in [0.1, 0.15) is 19.3 Å². The van der Waals surface area contributed by atoms with Gasteiger partial charge in [0.2, 0.25) is 11.8 Å². The van der Waals surface area contributed by atoms with E-state index >= 15 is 0 Å². The number of ether oxygens (including phenoxy) is 15. The number of nitrogens with zero attached hydrogens (tertiary/aromatic N) is 4. The summed E-state index contributed by atoms with van der Waals surface area (Å²) in [6, 6.07) is 8.46. The minimum absolute atomic E-state index is 0.00568. The summed E-state index contributed by atoms with van der Waals surface area (Å²) in [6.07, 6.45) is -19.5. The van der Waals surface area contributed by atoms with Gasteiger partial charge in [0.25, 0.3) is 0 Å². The van der Waals surface area contributed by atoms with Gasteiger partial charge in [0.1, 0.15) is 65.8 Å². The highest BCUT2D eigenvalue weighted by Crippen LogP contribution is 2.39. The summed E-state index contributed by atoms with van der Waals surface area (Å²) in [7, 11) is 0. The first kappa shape index (κ1) is 81.2. The minimum atomic E-state index is -5.23. The molecule has 4 bridgehead atoms. The fraction of sp³-hybridized carbons (Fsp3) is 0.645. The van der Waals surface area contributed by atoms with E-state index in [0.717, 1.165) is 11.5 Å². The summed E-state index contributed by atoms with van der Waals surface area (Å²) >= 11 is 0. The van der Waals surface area contributed by atoms with Crippen LogP contribution >= 0.6 is 0 Å². The molecule has 2 aromatic heterocycles. The molecule has 4 aliphatic rings. The first-order valence-electron chi connectivity index (χ1n) is 32.5. The third-order valence-corrected chi connectivity index (χ3v) is 15.9. The van der Waals surface area contributed by atoms with Crippen LogP contribution in [0.3, 0.4) is 0 Å². The summed E-state index contributed by atoms with van der Waals surface area (Å²) in [5.74, 6) is -6.19. The summed E-state index contributed by atoms with van der Waals surface area (Å²) in [4.78, 5) is 65.9. The molecule has 8 rings (SSSR count). The lowest BCUT2D eigenvalue weighted by molar-refractivity contribution is -0.240. The van der Waals surface area contributed by atoms with Gasteiger partial charge in [-0.1, -0.05) is 11.3 Å². The molecule has 0 radical (unpaired) electrons. The Kier molecular flexibility index (Phi) is 31.2. The van der Waals surface area contributed by atoms with Gasteiger partial charge in [0.05, 0.1) is 168 Å². The van der Waals surface area contributed by atoms with Crippen LogP contribution in [0.2, 0.25) is 0 Å². The molecule has 4 fully saturated rings. The number of hydrogen-bond acceptors (Lipinski definition) is 28. The van der Waals surface area contributed by atoms with Crippen molar-refractivity contribution in [1.82, 2.24) is 46.6 Å². The fourth-order valence-corrected chi connectivity index (χ4v) is 10.5. The Bertz CT molecular complexity index is 3350. The highest BCUT2D eigenvalue weighted by molar-refractivity contribution is 5.83. The second kappa shape index (κ2) is 39.6. The number of phenols is 1. The molecule has 0 spiro atoms. The number of aliphatic hydroxyl groups is 4. The zero-order valence-corrected chi connectivity index (χ0v) is 55.3. The lowest BCUT2D eigenvalue weighted by atomic mass is 9.88. The van der Waals surface area contributed by atoms with Crippen molar-refractivity contribution in [1.29, 1.82) is 0 Å². The van der Waals surface area contributed by atoms with E-state index in [0.29, 0.717) is 34.8 Å². The summed E-state index contributed by atoms with van der Waals surface area (Å²) in [5.41, 5.74) is -1.25. The number of alkyl carbamates (subject to hydrolysis) is 1. The summed E-state index contributed by atoms with van der Waals surface area (Å²) in [6.45, 7) is 0.529. The molecular formula is C62H82F7N9O25. The maximum Gasteiger partial charge on any atom is 0.471 e. The van der Waals surface area contributed by atoms with Gasteiger partial charge in [-0.2, -0.15) is 26.3 Å². The van der Waals surface area contributed by atoms with Crippen LogP contribution in [-0.4, -0.2) is 312 Å². The maximum atomic E-state index is 14.0. The van der Waals surface area contributed by atoms with E-state index in [-0.39, 0.29) is 177 Å². The number of alkyl halides is 6. The molecule has 10 N–H and O–H groups in total. The molecule has 1 unspecified atom stereocenters. The van der Waals surface area contributed by atoms with Crippen LogP contribution in [0.4, 0.5) is 35.5 Å². The molecule has 6 heterocycles. The predicted molar refractivity (Wildman–Crippen MR) is 332 cm³/mol. The molecule has 4 aliphatic heterocycles. The fourth-order valence-electron chi connectivity index (χ4n) is 10.5. The molecule has 4 saturated heterocycles. The van der Waals surface area contributed by atoms with E-state index in [1.807, 2.05) is 6.07 Å². The van der Waals surface area contributed by atoms with Crippen LogP contribution in [0.5, 0.6) is 11.5 Å². The van der Waals surface area contributed by atoms with Crippen molar-refractivity contribution in [2.75, 3.05) is 158 Å². The Morgan fingerprint density at radius 1 is 0.592 bits per heavy atom. The lowest BCUT2D eigenvalue weighted by Gasteiger charge is -2.42. The molecule has 4 aromatic rings. The van der Waals surface area contributed by atoms with E-state index in [4.69, 9.17) is 71.1 Å². The number of phenolic OH excluding ortho intramolecular Hbond substituents is 1. The van der Waals surface area contributed by atoms with Gasteiger partial charge >= 0.3 is 30.3 Å². The summed E-state index contributed by atoms with van der Waals surface area (Å²) < 4.78 is 174. The summed E-state index contributed by atoms with van der Waals surface area (Å²) in [5, 5.41) is 71.8. The Balaban J connectivity index is 0.661. The SMILES string of the molecule is O=C(CCOCC(COC(=O)NCCOCCOCCOCCOC[C@@]12CO[C@@H](O1)[C@H](NC(=O)C(F)(F)F)[C@@H](O)[C@H]2O)NC(=O)CCCOc1ccc2nc(-c3cn(-c4ccc(O)c(F)c4)nn3)ccc2c1)NCCOCCOCCOCCOC[C@@]12CO[C@@H](O1)[C@H](NC(=O)C(F)(F)F)[C@@H](O)[C@H]2O. The van der Waals surface area contributed by atoms with Gasteiger partial charge in [-0.05, 0) is 42.8 Å². The number of pyridine rings is 1. The average molecular weight is 1490 g/mol. The Hall–Kier alpha value is -7.43. The standard InChI is InChI=1S/C62H82F7N9O25/c63-41-29-39(4-8-45(41)79)78-30-44(76-77-78)43-6-3-37-28-40(5-7-42(37)73-43)98-12-1-2-47(81)72-38(32-99-58(88)71-11-15-90-17-19-92-21-23-94-25-27-97-34-60-36-101-55(103-60)49(51(83)53(60)85)75-57(87)62(67,68)69)31-95-13-9-46(80)70-10-14-89-16-18-91-20-22-93-24-26-96-33-59-35-100-54(102-59)48(50(82)52(59)84)74-56(86)61(64,65)66/h3-8,28-30,38,48-55,79,82-85H,1-2,9-27,31-36H2,(H,70,80)(H,71,88)(H,72,81)(H,74,86)(H,75,87)/t38?,48-,49-,50-,51-,52-,53-,54+,55+,59+,60+/m1/s1. The molecule has 2 aromatic carbocycles. The number of fused-ring (bicyclic) bond motifs is 5. The van der Waals surface area contributed by atoms with E-state index in [1.54, 1.807) is 41.1 Å². The monoisotopic (exact) mass is 1490 g/mol. The highest BCUT2D eigenvalue weighted by atomic mass is 19.4. The Morgan fingerprint density at radius 3 is 1.67 bits per heavy atom. The number of hydrogen-bond donors (Lipinski definition) is 10. The number of carbonyl (C=O) groups is 5. The molecule has 0 saturated carbocycles. The van der Waals surface area contributed by atoms with E-state index in [1.165, 1.54) is 16.8 Å². The molecule has 5 amide bonds. The molecular weight excluding hydrogens is 1400 g/mol. The molecule has 34 nitrogen and oxygen atoms in total. The van der Waals surface area contributed by atoms with Gasteiger partial charge in [-0.25, -0.2) is 18.9 Å². The zero-order chi connectivity index (χ0) is 74.0. The van der Waals surface area contributed by atoms with Gasteiger partial charge in [-0.3, -0.25) is 19.2 Å². The van der Waals surface area contributed by atoms with Crippen molar-refractivity contribution in [2.24, 2.45) is 0 Å². The largest absolute Gasteiger partial charge is 0.505 e. The van der Waals surface area contributed by atoms with Crippen LogP contribution in [0.25, 0.3) is 28.0 Å². The molecule has 0 aliphatic carbocycles. The second-order valence-corrected chi connectivity index (χ2v) is 23.5. The Labute approximate surface area is 582 Å². The van der Waals surface area contributed by atoms with E-state index in [9.17, 15) is 80.2 Å². The lowest BCUT2D eigenvalue weighted by Crippen LogP contribution is -2.67. The number of carbonyl (C=O) groups excluding carboxylic acids is 5. The molecule has 103 heavy (non-hydrogen) atoms. The molecule has 11 atom stereocenters. The molecule has 41 heteroatoms. The third kappa shape index (κ3) is 24.6. The van der Waals surface area contributed by atoms with E-state index in [2.05, 4.69) is 31.2 Å². The van der Waals surface area contributed by atoms with Crippen LogP contribution in [0.15, 0.2) is 54.7 Å². The van der Waals surface area contributed by atoms with Crippen LogP contribution in [0, 0.1) is 5.82 Å². The van der Waals surface area contributed by atoms with Crippen molar-refractivity contribution >= 4 is 40.6 Å². The maximum absolute atomic E-state index is 14.0. The van der Waals surface area contributed by atoms with Gasteiger partial charge in [0.15, 0.2) is 24.1 Å². The third-order valence-electron chi connectivity index (χ3n) is 15.9. The number of halogens is 7. The van der Waals surface area contributed by atoms with Crippen molar-refractivity contribution in [3.63, 3.8) is 0 Å². The normalized spacial score (nSPS) is 23.3. The number of amides is 5. The van der Waals surface area contributed by atoms with Gasteiger partial charge in [0, 0.05) is 37.4 Å².